The first-order valence-corrected chi connectivity index (χ1v) is 9.47. The number of thiophene rings is 1. The average Bonchev–Trinajstić information content (AvgIpc) is 3.12. The van der Waals surface area contributed by atoms with Crippen molar-refractivity contribution in [1.82, 2.24) is 10.2 Å². The summed E-state index contributed by atoms with van der Waals surface area (Å²) >= 11 is 1.72. The van der Waals surface area contributed by atoms with Gasteiger partial charge in [0.25, 0.3) is 0 Å². The molecule has 0 aliphatic carbocycles. The summed E-state index contributed by atoms with van der Waals surface area (Å²) in [5.74, 6) is 0.660. The molecule has 6 heteroatoms. The lowest BCUT2D eigenvalue weighted by molar-refractivity contribution is -0.0604. The summed E-state index contributed by atoms with van der Waals surface area (Å²) in [6.45, 7) is 4.39. The molecule has 1 aromatic heterocycles. The lowest BCUT2D eigenvalue weighted by Gasteiger charge is -2.38. The number of ether oxygens (including phenoxy) is 1. The number of hydrogen-bond donors (Lipinski definition) is 1. The van der Waals surface area contributed by atoms with Gasteiger partial charge >= 0.3 is 0 Å². The van der Waals surface area contributed by atoms with Gasteiger partial charge in [0.15, 0.2) is 5.96 Å². The maximum atomic E-state index is 13.2. The number of hydrogen-bond acceptors (Lipinski definition) is 3. The van der Waals surface area contributed by atoms with Gasteiger partial charge in [-0.15, -0.1) is 0 Å². The Morgan fingerprint density at radius 1 is 1.32 bits per heavy atom. The molecule has 0 bridgehead atoms. The SMILES string of the molecule is CN=C(NCCc1ccsc1)N1CC(C)OC(c2ccc(F)cc2)C1. The van der Waals surface area contributed by atoms with Crippen molar-refractivity contribution >= 4 is 17.3 Å². The molecule has 0 amide bonds. The molecular formula is C19H24FN3OS. The van der Waals surface area contributed by atoms with E-state index in [1.54, 1.807) is 30.5 Å². The maximum Gasteiger partial charge on any atom is 0.193 e. The van der Waals surface area contributed by atoms with Crippen LogP contribution in [-0.2, 0) is 11.2 Å². The highest BCUT2D eigenvalue weighted by atomic mass is 32.1. The highest BCUT2D eigenvalue weighted by Gasteiger charge is 2.28. The van der Waals surface area contributed by atoms with Crippen LogP contribution in [0.5, 0.6) is 0 Å². The quantitative estimate of drug-likeness (QED) is 0.669. The van der Waals surface area contributed by atoms with Crippen molar-refractivity contribution in [2.75, 3.05) is 26.7 Å². The van der Waals surface area contributed by atoms with Gasteiger partial charge in [-0.1, -0.05) is 12.1 Å². The Hall–Kier alpha value is -1.92. The van der Waals surface area contributed by atoms with Crippen molar-refractivity contribution in [2.45, 2.75) is 25.6 Å². The van der Waals surface area contributed by atoms with E-state index in [0.717, 1.165) is 31.0 Å². The average molecular weight is 361 g/mol. The number of nitrogens with zero attached hydrogens (tertiary/aromatic N) is 2. The smallest absolute Gasteiger partial charge is 0.193 e. The van der Waals surface area contributed by atoms with Gasteiger partial charge in [0.1, 0.15) is 11.9 Å². The van der Waals surface area contributed by atoms with Crippen LogP contribution >= 0.6 is 11.3 Å². The molecule has 2 heterocycles. The van der Waals surface area contributed by atoms with E-state index in [9.17, 15) is 4.39 Å². The van der Waals surface area contributed by atoms with Gasteiger partial charge in [0.05, 0.1) is 12.6 Å². The molecule has 25 heavy (non-hydrogen) atoms. The van der Waals surface area contributed by atoms with Gasteiger partial charge in [0.2, 0.25) is 0 Å². The predicted octanol–water partition coefficient (Wildman–Crippen LogP) is 3.47. The molecule has 2 unspecified atom stereocenters. The third-order valence-corrected chi connectivity index (χ3v) is 5.02. The highest BCUT2D eigenvalue weighted by molar-refractivity contribution is 7.07. The van der Waals surface area contributed by atoms with Gasteiger partial charge in [0, 0.05) is 20.1 Å². The molecule has 4 nitrogen and oxygen atoms in total. The minimum atomic E-state index is -0.227. The van der Waals surface area contributed by atoms with Gasteiger partial charge in [-0.25, -0.2) is 4.39 Å². The number of rotatable bonds is 4. The van der Waals surface area contributed by atoms with E-state index in [2.05, 4.69) is 39.0 Å². The van der Waals surface area contributed by atoms with Crippen LogP contribution < -0.4 is 5.32 Å². The van der Waals surface area contributed by atoms with E-state index in [4.69, 9.17) is 4.74 Å². The predicted molar refractivity (Wildman–Crippen MR) is 101 cm³/mol. The fraction of sp³-hybridized carbons (Fsp3) is 0.421. The van der Waals surface area contributed by atoms with Gasteiger partial charge in [-0.05, 0) is 53.4 Å². The fourth-order valence-electron chi connectivity index (χ4n) is 3.07. The highest BCUT2D eigenvalue weighted by Crippen LogP contribution is 2.25. The van der Waals surface area contributed by atoms with Crippen LogP contribution in [0, 0.1) is 5.82 Å². The van der Waals surface area contributed by atoms with E-state index in [1.807, 2.05) is 0 Å². The molecule has 3 rings (SSSR count). The number of halogens is 1. The monoisotopic (exact) mass is 361 g/mol. The Labute approximate surface area is 152 Å². The fourth-order valence-corrected chi connectivity index (χ4v) is 3.77. The molecule has 0 spiro atoms. The Morgan fingerprint density at radius 3 is 2.80 bits per heavy atom. The number of benzene rings is 1. The zero-order valence-corrected chi connectivity index (χ0v) is 15.4. The van der Waals surface area contributed by atoms with Gasteiger partial charge in [-0.3, -0.25) is 4.99 Å². The Bertz CT molecular complexity index is 687. The van der Waals surface area contributed by atoms with E-state index in [-0.39, 0.29) is 18.0 Å². The summed E-state index contributed by atoms with van der Waals surface area (Å²) in [5.41, 5.74) is 2.33. The topological polar surface area (TPSA) is 36.9 Å². The molecular weight excluding hydrogens is 337 g/mol. The zero-order valence-electron chi connectivity index (χ0n) is 14.6. The molecule has 1 N–H and O–H groups in total. The minimum Gasteiger partial charge on any atom is -0.367 e. The summed E-state index contributed by atoms with van der Waals surface area (Å²) in [4.78, 5) is 6.64. The molecule has 0 saturated carbocycles. The number of nitrogens with one attached hydrogen (secondary N) is 1. The van der Waals surface area contributed by atoms with Crippen molar-refractivity contribution in [3.05, 3.63) is 58.0 Å². The molecule has 2 atom stereocenters. The second-order valence-corrected chi connectivity index (χ2v) is 7.03. The maximum absolute atomic E-state index is 13.2. The first-order valence-electron chi connectivity index (χ1n) is 8.53. The van der Waals surface area contributed by atoms with Crippen molar-refractivity contribution in [3.8, 4) is 0 Å². The molecule has 1 aliphatic rings. The lowest BCUT2D eigenvalue weighted by Crippen LogP contribution is -2.51. The summed E-state index contributed by atoms with van der Waals surface area (Å²) in [5, 5.41) is 7.71. The second-order valence-electron chi connectivity index (χ2n) is 6.25. The molecule has 1 saturated heterocycles. The molecule has 2 aromatic rings. The van der Waals surface area contributed by atoms with E-state index < -0.39 is 0 Å². The van der Waals surface area contributed by atoms with Gasteiger partial charge in [-0.2, -0.15) is 11.3 Å². The Morgan fingerprint density at radius 2 is 2.12 bits per heavy atom. The van der Waals surface area contributed by atoms with Crippen molar-refractivity contribution in [3.63, 3.8) is 0 Å². The van der Waals surface area contributed by atoms with Crippen LogP contribution in [0.3, 0.4) is 0 Å². The molecule has 0 radical (unpaired) electrons. The largest absolute Gasteiger partial charge is 0.367 e. The van der Waals surface area contributed by atoms with Gasteiger partial charge < -0.3 is 15.0 Å². The minimum absolute atomic E-state index is 0.0826. The van der Waals surface area contributed by atoms with E-state index in [0.29, 0.717) is 6.54 Å². The van der Waals surface area contributed by atoms with Crippen LogP contribution in [-0.4, -0.2) is 43.6 Å². The second kappa shape index (κ2) is 8.45. The summed E-state index contributed by atoms with van der Waals surface area (Å²) in [6, 6.07) is 8.70. The first-order chi connectivity index (χ1) is 12.2. The van der Waals surface area contributed by atoms with Crippen LogP contribution in [0.4, 0.5) is 4.39 Å². The first kappa shape index (κ1) is 17.9. The molecule has 1 aliphatic heterocycles. The van der Waals surface area contributed by atoms with E-state index >= 15 is 0 Å². The normalized spacial score (nSPS) is 21.4. The number of morpholine rings is 1. The summed E-state index contributed by atoms with van der Waals surface area (Å²) in [7, 11) is 1.81. The number of guanidine groups is 1. The summed E-state index contributed by atoms with van der Waals surface area (Å²) < 4.78 is 19.2. The summed E-state index contributed by atoms with van der Waals surface area (Å²) in [6.07, 6.45) is 0.975. The van der Waals surface area contributed by atoms with Crippen LogP contribution in [0.1, 0.15) is 24.2 Å². The van der Waals surface area contributed by atoms with Crippen LogP contribution in [0.25, 0.3) is 0 Å². The van der Waals surface area contributed by atoms with E-state index in [1.165, 1.54) is 17.7 Å². The lowest BCUT2D eigenvalue weighted by atomic mass is 10.1. The third kappa shape index (κ3) is 4.80. The third-order valence-electron chi connectivity index (χ3n) is 4.29. The van der Waals surface area contributed by atoms with Crippen molar-refractivity contribution < 1.29 is 9.13 Å². The number of aliphatic imine (C=N–C) groups is 1. The zero-order chi connectivity index (χ0) is 17.6. The van der Waals surface area contributed by atoms with Crippen LogP contribution in [0.15, 0.2) is 46.1 Å². The Balaban J connectivity index is 1.61. The standard InChI is InChI=1S/C19H24FN3OS/c1-14-11-23(12-18(24-14)16-3-5-17(20)6-4-16)19(21-2)22-9-7-15-8-10-25-13-15/h3-6,8,10,13-14,18H,7,9,11-12H2,1-2H3,(H,21,22). The molecule has 134 valence electrons. The molecule has 1 fully saturated rings. The molecule has 1 aromatic carbocycles. The van der Waals surface area contributed by atoms with Crippen LogP contribution in [0.2, 0.25) is 0 Å². The van der Waals surface area contributed by atoms with Crippen molar-refractivity contribution in [1.29, 1.82) is 0 Å². The Kier molecular flexibility index (Phi) is 6.04. The van der Waals surface area contributed by atoms with Crippen molar-refractivity contribution in [2.24, 2.45) is 4.99 Å².